The van der Waals surface area contributed by atoms with Crippen LogP contribution in [-0.2, 0) is 20.1 Å². The predicted molar refractivity (Wildman–Crippen MR) is 63.2 cm³/mol. The molecule has 1 aromatic carbocycles. The zero-order chi connectivity index (χ0) is 13.2. The Balaban J connectivity index is 2.01. The van der Waals surface area contributed by atoms with Gasteiger partial charge in [-0.15, -0.1) is 0 Å². The van der Waals surface area contributed by atoms with Crippen molar-refractivity contribution in [1.82, 2.24) is 0 Å². The lowest BCUT2D eigenvalue weighted by molar-refractivity contribution is -0.163. The van der Waals surface area contributed by atoms with Crippen LogP contribution in [0, 0.1) is 0 Å². The van der Waals surface area contributed by atoms with Gasteiger partial charge in [0.2, 0.25) is 0 Å². The average Bonchev–Trinajstić information content (AvgIpc) is 2.71. The van der Waals surface area contributed by atoms with Crippen molar-refractivity contribution in [2.75, 3.05) is 6.61 Å². The van der Waals surface area contributed by atoms with Crippen molar-refractivity contribution in [2.24, 2.45) is 0 Å². The summed E-state index contributed by atoms with van der Waals surface area (Å²) in [6.07, 6.45) is 0.294. The Labute approximate surface area is 105 Å². The molecule has 0 saturated carbocycles. The minimum Gasteiger partial charge on any atom is -0.508 e. The lowest BCUT2D eigenvalue weighted by Gasteiger charge is -2.23. The molecular formula is C13H16O5. The van der Waals surface area contributed by atoms with Crippen LogP contribution in [0.1, 0.15) is 25.3 Å². The third-order valence-electron chi connectivity index (χ3n) is 3.01. The molecule has 2 N–H and O–H groups in total. The average molecular weight is 252 g/mol. The zero-order valence-corrected chi connectivity index (χ0v) is 10.1. The lowest BCUT2D eigenvalue weighted by Crippen LogP contribution is -2.24. The maximum atomic E-state index is 10.5. The second kappa shape index (κ2) is 4.96. The van der Waals surface area contributed by atoms with Gasteiger partial charge in [-0.25, -0.2) is 0 Å². The third kappa shape index (κ3) is 2.80. The number of carboxylic acids is 1. The fraction of sp³-hybridized carbons (Fsp3) is 0.462. The topological polar surface area (TPSA) is 76.0 Å². The van der Waals surface area contributed by atoms with Gasteiger partial charge in [0.1, 0.15) is 5.75 Å². The molecule has 0 spiro atoms. The first-order chi connectivity index (χ1) is 8.49. The summed E-state index contributed by atoms with van der Waals surface area (Å²) < 4.78 is 11.4. The van der Waals surface area contributed by atoms with Crippen LogP contribution >= 0.6 is 0 Å². The van der Waals surface area contributed by atoms with Gasteiger partial charge in [0.05, 0.1) is 12.7 Å². The van der Waals surface area contributed by atoms with Gasteiger partial charge in [-0.1, -0.05) is 0 Å². The lowest BCUT2D eigenvalue weighted by atomic mass is 10.1. The van der Waals surface area contributed by atoms with Crippen molar-refractivity contribution >= 4 is 5.97 Å². The number of aromatic hydroxyl groups is 1. The molecule has 1 saturated heterocycles. The summed E-state index contributed by atoms with van der Waals surface area (Å²) in [7, 11) is 0. The molecule has 1 aliphatic heterocycles. The van der Waals surface area contributed by atoms with E-state index in [9.17, 15) is 9.90 Å². The number of hydrogen-bond donors (Lipinski definition) is 2. The van der Waals surface area contributed by atoms with Crippen LogP contribution in [0.2, 0.25) is 0 Å². The molecule has 2 unspecified atom stereocenters. The number of hydrogen-bond acceptors (Lipinski definition) is 4. The van der Waals surface area contributed by atoms with E-state index in [0.29, 0.717) is 13.0 Å². The molecule has 0 aromatic heterocycles. The SMILES string of the molecule is CC1(c2ccc(O)cc2)OCC(CCC(=O)O)O1. The van der Waals surface area contributed by atoms with E-state index in [1.165, 1.54) is 0 Å². The smallest absolute Gasteiger partial charge is 0.303 e. The largest absolute Gasteiger partial charge is 0.508 e. The Bertz CT molecular complexity index is 428. The molecule has 0 aliphatic carbocycles. The van der Waals surface area contributed by atoms with Crippen molar-refractivity contribution in [3.63, 3.8) is 0 Å². The summed E-state index contributed by atoms with van der Waals surface area (Å²) in [6, 6.07) is 6.60. The van der Waals surface area contributed by atoms with E-state index in [0.717, 1.165) is 5.56 Å². The van der Waals surface area contributed by atoms with E-state index in [1.54, 1.807) is 31.2 Å². The highest BCUT2D eigenvalue weighted by Gasteiger charge is 2.38. The fourth-order valence-electron chi connectivity index (χ4n) is 1.98. The Morgan fingerprint density at radius 3 is 2.72 bits per heavy atom. The number of benzene rings is 1. The van der Waals surface area contributed by atoms with Crippen LogP contribution in [-0.4, -0.2) is 28.9 Å². The Hall–Kier alpha value is -1.59. The van der Waals surface area contributed by atoms with E-state index in [4.69, 9.17) is 14.6 Å². The minimum atomic E-state index is -0.864. The molecule has 1 fully saturated rings. The van der Waals surface area contributed by atoms with Gasteiger partial charge in [0, 0.05) is 12.0 Å². The summed E-state index contributed by atoms with van der Waals surface area (Å²) in [5.41, 5.74) is 0.804. The highest BCUT2D eigenvalue weighted by molar-refractivity contribution is 5.66. The predicted octanol–water partition coefficient (Wildman–Crippen LogP) is 1.85. The molecule has 1 aromatic rings. The number of carbonyl (C=O) groups is 1. The monoisotopic (exact) mass is 252 g/mol. The van der Waals surface area contributed by atoms with Crippen molar-refractivity contribution in [2.45, 2.75) is 31.7 Å². The zero-order valence-electron chi connectivity index (χ0n) is 10.1. The van der Waals surface area contributed by atoms with Crippen LogP contribution in [0.15, 0.2) is 24.3 Å². The first-order valence-electron chi connectivity index (χ1n) is 5.83. The van der Waals surface area contributed by atoms with E-state index >= 15 is 0 Å². The maximum Gasteiger partial charge on any atom is 0.303 e. The molecule has 0 bridgehead atoms. The summed E-state index contributed by atoms with van der Waals surface area (Å²) in [4.78, 5) is 10.5. The number of rotatable bonds is 4. The van der Waals surface area contributed by atoms with Crippen molar-refractivity contribution < 1.29 is 24.5 Å². The Morgan fingerprint density at radius 2 is 2.11 bits per heavy atom. The Kier molecular flexibility index (Phi) is 3.54. The molecule has 5 heteroatoms. The summed E-state index contributed by atoms with van der Waals surface area (Å²) in [6.45, 7) is 2.17. The highest BCUT2D eigenvalue weighted by atomic mass is 16.7. The van der Waals surface area contributed by atoms with Crippen LogP contribution in [0.25, 0.3) is 0 Å². The standard InChI is InChI=1S/C13H16O5/c1-13(9-2-4-10(14)5-3-9)17-8-11(18-13)6-7-12(15)16/h2-5,11,14H,6-8H2,1H3,(H,15,16). The molecule has 5 nitrogen and oxygen atoms in total. The van der Waals surface area contributed by atoms with Crippen molar-refractivity contribution in [3.05, 3.63) is 29.8 Å². The molecular weight excluding hydrogens is 236 g/mol. The molecule has 0 amide bonds. The Morgan fingerprint density at radius 1 is 1.44 bits per heavy atom. The van der Waals surface area contributed by atoms with Gasteiger partial charge in [0.15, 0.2) is 5.79 Å². The normalized spacial score (nSPS) is 27.3. The number of ether oxygens (including phenoxy) is 2. The maximum absolute atomic E-state index is 10.5. The quantitative estimate of drug-likeness (QED) is 0.855. The first kappa shape index (κ1) is 12.9. The van der Waals surface area contributed by atoms with Gasteiger partial charge in [-0.2, -0.15) is 0 Å². The number of phenolic OH excluding ortho intramolecular Hbond substituents is 1. The second-order valence-electron chi connectivity index (χ2n) is 4.48. The van der Waals surface area contributed by atoms with Crippen LogP contribution in [0.4, 0.5) is 0 Å². The van der Waals surface area contributed by atoms with E-state index < -0.39 is 11.8 Å². The minimum absolute atomic E-state index is 0.0691. The molecule has 2 rings (SSSR count). The van der Waals surface area contributed by atoms with Gasteiger partial charge < -0.3 is 19.7 Å². The van der Waals surface area contributed by atoms with Gasteiger partial charge in [0.25, 0.3) is 0 Å². The molecule has 18 heavy (non-hydrogen) atoms. The summed E-state index contributed by atoms with van der Waals surface area (Å²) >= 11 is 0. The van der Waals surface area contributed by atoms with E-state index in [1.807, 2.05) is 0 Å². The second-order valence-corrected chi connectivity index (χ2v) is 4.48. The molecule has 0 radical (unpaired) electrons. The van der Waals surface area contributed by atoms with Crippen molar-refractivity contribution in [1.29, 1.82) is 0 Å². The van der Waals surface area contributed by atoms with Crippen LogP contribution in [0.3, 0.4) is 0 Å². The number of carboxylic acid groups (broad SMARTS) is 1. The highest BCUT2D eigenvalue weighted by Crippen LogP contribution is 2.35. The van der Waals surface area contributed by atoms with Crippen molar-refractivity contribution in [3.8, 4) is 5.75 Å². The number of phenols is 1. The van der Waals surface area contributed by atoms with Gasteiger partial charge >= 0.3 is 5.97 Å². The number of aliphatic carboxylic acids is 1. The summed E-state index contributed by atoms with van der Waals surface area (Å²) in [5, 5.41) is 17.9. The van der Waals surface area contributed by atoms with Gasteiger partial charge in [-0.05, 0) is 37.6 Å². The third-order valence-corrected chi connectivity index (χ3v) is 3.01. The molecule has 98 valence electrons. The van der Waals surface area contributed by atoms with E-state index in [-0.39, 0.29) is 18.3 Å². The molecule has 2 atom stereocenters. The molecule has 1 aliphatic rings. The molecule has 1 heterocycles. The van der Waals surface area contributed by atoms with E-state index in [2.05, 4.69) is 0 Å². The first-order valence-corrected chi connectivity index (χ1v) is 5.83. The van der Waals surface area contributed by atoms with Crippen LogP contribution in [0.5, 0.6) is 5.75 Å². The summed E-state index contributed by atoms with van der Waals surface area (Å²) in [5.74, 6) is -1.52. The fourth-order valence-corrected chi connectivity index (χ4v) is 1.98. The van der Waals surface area contributed by atoms with Crippen LogP contribution < -0.4 is 0 Å². The van der Waals surface area contributed by atoms with Gasteiger partial charge in [-0.3, -0.25) is 4.79 Å².